The number of nitrogens with zero attached hydrogens (tertiary/aromatic N) is 2. The van der Waals surface area contributed by atoms with Crippen LogP contribution >= 0.6 is 0 Å². The monoisotopic (exact) mass is 594 g/mol. The number of hydrogen-bond donors (Lipinski definition) is 0. The van der Waals surface area contributed by atoms with Gasteiger partial charge >= 0.3 is 0 Å². The van der Waals surface area contributed by atoms with E-state index in [9.17, 15) is 0 Å². The van der Waals surface area contributed by atoms with Crippen LogP contribution in [-0.4, -0.2) is 25.4 Å². The van der Waals surface area contributed by atoms with Gasteiger partial charge < -0.3 is 4.42 Å². The molecule has 2 aromatic heterocycles. The second-order valence-electron chi connectivity index (χ2n) is 13.9. The van der Waals surface area contributed by atoms with Gasteiger partial charge in [0.15, 0.2) is 24.0 Å². The molecule has 44 heavy (non-hydrogen) atoms. The van der Waals surface area contributed by atoms with Crippen LogP contribution in [0.3, 0.4) is 0 Å². The number of aromatic nitrogens is 1. The lowest BCUT2D eigenvalue weighted by molar-refractivity contribution is -0.803. The van der Waals surface area contributed by atoms with Gasteiger partial charge in [-0.25, -0.2) is 4.58 Å². The van der Waals surface area contributed by atoms with Crippen LogP contribution in [0.2, 0.25) is 19.6 Å². The van der Waals surface area contributed by atoms with Crippen LogP contribution in [0.5, 0.6) is 0 Å². The number of allylic oxidation sites excluding steroid dienone is 1. The first-order chi connectivity index (χ1) is 21.1. The highest BCUT2D eigenvalue weighted by Crippen LogP contribution is 2.55. The van der Waals surface area contributed by atoms with E-state index in [1.165, 1.54) is 38.7 Å². The molecule has 1 aliphatic heterocycles. The van der Waals surface area contributed by atoms with E-state index in [-0.39, 0.29) is 23.4 Å². The molecule has 1 aliphatic carbocycles. The normalized spacial score (nSPS) is 22.8. The van der Waals surface area contributed by atoms with Crippen molar-refractivity contribution in [1.82, 2.24) is 0 Å². The maximum Gasteiger partial charge on any atom is 0.213 e. The van der Waals surface area contributed by atoms with Gasteiger partial charge in [-0.2, -0.15) is 4.57 Å². The van der Waals surface area contributed by atoms with E-state index in [4.69, 9.17) is 4.42 Å². The number of hydrogen-bond acceptors (Lipinski definition) is 1. The minimum Gasteiger partial charge on any atom is -0.456 e. The van der Waals surface area contributed by atoms with Crippen molar-refractivity contribution in [1.29, 1.82) is 0 Å². The number of pyridine rings is 1. The summed E-state index contributed by atoms with van der Waals surface area (Å²) in [5.74, 6) is 0.331. The lowest BCUT2D eigenvalue weighted by Crippen LogP contribution is -2.79. The molecule has 3 aromatic carbocycles. The number of furan rings is 1. The van der Waals surface area contributed by atoms with Gasteiger partial charge in [0.25, 0.3) is 0 Å². The van der Waals surface area contributed by atoms with Crippen LogP contribution in [0.25, 0.3) is 44.3 Å². The van der Waals surface area contributed by atoms with E-state index in [1.54, 1.807) is 0 Å². The van der Waals surface area contributed by atoms with Crippen LogP contribution in [0.1, 0.15) is 18.1 Å². The summed E-state index contributed by atoms with van der Waals surface area (Å²) >= 11 is 0. The second-order valence-corrected chi connectivity index (χ2v) is 19.1. The van der Waals surface area contributed by atoms with E-state index in [1.807, 2.05) is 6.07 Å². The molecule has 3 heterocycles. The quantitative estimate of drug-likeness (QED) is 0.0830. The van der Waals surface area contributed by atoms with Crippen molar-refractivity contribution >= 4 is 36.7 Å². The zero-order valence-corrected chi connectivity index (χ0v) is 27.6. The first kappa shape index (κ1) is 28.5. The Morgan fingerprint density at radius 2 is 1.59 bits per heavy atom. The van der Waals surface area contributed by atoms with Crippen molar-refractivity contribution in [3.63, 3.8) is 0 Å². The zero-order chi connectivity index (χ0) is 31.0. The molecule has 220 valence electrons. The number of fused-ring (bicyclic) bond motifs is 7. The Hall–Kier alpha value is -4.28. The molecule has 4 heteroatoms. The predicted molar refractivity (Wildman–Crippen MR) is 187 cm³/mol. The molecular weight excluding hydrogens is 553 g/mol. The molecule has 0 N–H and O–H groups in total. The van der Waals surface area contributed by atoms with Crippen LogP contribution < -0.4 is 4.57 Å². The Morgan fingerprint density at radius 1 is 0.909 bits per heavy atom. The minimum absolute atomic E-state index is 0.166. The molecule has 2 unspecified atom stereocenters. The largest absolute Gasteiger partial charge is 0.456 e. The number of aryl methyl sites for hydroxylation is 1. The lowest BCUT2D eigenvalue weighted by atomic mass is 9.51. The molecule has 1 spiro atoms. The summed E-state index contributed by atoms with van der Waals surface area (Å²) in [4.78, 5) is 0. The highest BCUT2D eigenvalue weighted by Gasteiger charge is 2.72. The zero-order valence-electron chi connectivity index (χ0n) is 26.6. The third-order valence-corrected chi connectivity index (χ3v) is 13.0. The Morgan fingerprint density at radius 3 is 2.27 bits per heavy atom. The maximum absolute atomic E-state index is 6.41. The molecule has 0 bridgehead atoms. The molecule has 2 atom stereocenters. The van der Waals surface area contributed by atoms with Crippen LogP contribution in [0.15, 0.2) is 120 Å². The number of benzene rings is 3. The van der Waals surface area contributed by atoms with Gasteiger partial charge in [0.1, 0.15) is 29.7 Å². The third kappa shape index (κ3) is 4.07. The Balaban J connectivity index is 1.47. The lowest BCUT2D eigenvalue weighted by Gasteiger charge is -2.53. The summed E-state index contributed by atoms with van der Waals surface area (Å²) in [6.07, 6.45) is 9.88. The Bertz CT molecular complexity index is 2010. The molecular formula is C40H42N2OSi+2. The average Bonchev–Trinajstić information content (AvgIpc) is 3.36. The van der Waals surface area contributed by atoms with Gasteiger partial charge in [-0.15, -0.1) is 13.2 Å². The molecule has 3 nitrogen and oxygen atoms in total. The fraction of sp³-hybridized carbons (Fsp3) is 0.250. The summed E-state index contributed by atoms with van der Waals surface area (Å²) in [6.45, 7) is 25.1. The summed E-state index contributed by atoms with van der Waals surface area (Å²) in [7, 11) is -1.45. The molecule has 5 aromatic rings. The smallest absolute Gasteiger partial charge is 0.213 e. The summed E-state index contributed by atoms with van der Waals surface area (Å²) in [5, 5.41) is 3.75. The Kier molecular flexibility index (Phi) is 6.56. The molecule has 0 radical (unpaired) electrons. The van der Waals surface area contributed by atoms with Crippen molar-refractivity contribution in [3.05, 3.63) is 127 Å². The molecule has 2 aliphatic rings. The summed E-state index contributed by atoms with van der Waals surface area (Å²) in [6, 6.07) is 26.3. The molecule has 7 rings (SSSR count). The van der Waals surface area contributed by atoms with E-state index in [0.717, 1.165) is 28.4 Å². The molecule has 0 saturated heterocycles. The van der Waals surface area contributed by atoms with Crippen molar-refractivity contribution in [2.75, 3.05) is 0 Å². The SMILES string of the molecule is C=CC1C([N+](=C)/C=C(\C)[Si](C)(C)C)C(C=C)C12Cc1cc3oc4ccccc4c3cc1-c1cc(-c3ccccc3)c(C)c[n+]12. The summed E-state index contributed by atoms with van der Waals surface area (Å²) in [5.41, 5.74) is 9.15. The third-order valence-electron chi connectivity index (χ3n) is 10.5. The molecule has 1 saturated carbocycles. The van der Waals surface area contributed by atoms with Crippen LogP contribution in [-0.2, 0) is 12.0 Å². The fourth-order valence-electron chi connectivity index (χ4n) is 7.83. The van der Waals surface area contributed by atoms with Crippen molar-refractivity contribution in [2.24, 2.45) is 11.8 Å². The van der Waals surface area contributed by atoms with E-state index >= 15 is 0 Å². The van der Waals surface area contributed by atoms with Crippen LogP contribution in [0, 0.1) is 18.8 Å². The van der Waals surface area contributed by atoms with Crippen molar-refractivity contribution < 1.29 is 13.6 Å². The van der Waals surface area contributed by atoms with Crippen LogP contribution in [0.4, 0.5) is 0 Å². The van der Waals surface area contributed by atoms with E-state index in [0.29, 0.717) is 0 Å². The predicted octanol–water partition coefficient (Wildman–Crippen LogP) is 9.25. The fourth-order valence-corrected chi connectivity index (χ4v) is 8.38. The Labute approximate surface area is 262 Å². The van der Waals surface area contributed by atoms with Gasteiger partial charge in [-0.1, -0.05) is 80.3 Å². The van der Waals surface area contributed by atoms with E-state index in [2.05, 4.69) is 154 Å². The average molecular weight is 595 g/mol. The standard InChI is InChI=1S/C40H42N2OSi/c1-9-34-39(41(5)25-27(4)44(6,7)8)35(10-2)40(34)23-29-20-38-33(30-18-14-15-19-37(30)43-38)21-32(29)36-22-31(26(3)24-42(36)40)28-16-12-11-13-17-28/h9-22,24-25,34-35,39H,1-2,5,23H2,3-4,6-8H3/q+2/b27-25+. The first-order valence-electron chi connectivity index (χ1n) is 15.7. The summed E-state index contributed by atoms with van der Waals surface area (Å²) < 4.78 is 11.2. The number of para-hydroxylation sites is 1. The van der Waals surface area contributed by atoms with Crippen molar-refractivity contribution in [2.45, 2.75) is 51.5 Å². The van der Waals surface area contributed by atoms with E-state index < -0.39 is 8.07 Å². The minimum atomic E-state index is -1.45. The van der Waals surface area contributed by atoms with Crippen molar-refractivity contribution in [3.8, 4) is 22.4 Å². The topological polar surface area (TPSA) is 20.0 Å². The molecule has 1 fully saturated rings. The highest BCUT2D eigenvalue weighted by atomic mass is 28.3. The maximum atomic E-state index is 6.41. The number of rotatable bonds is 6. The van der Waals surface area contributed by atoms with Gasteiger partial charge in [0, 0.05) is 28.8 Å². The highest BCUT2D eigenvalue weighted by molar-refractivity contribution is 6.82. The van der Waals surface area contributed by atoms with Gasteiger partial charge in [0.2, 0.25) is 5.69 Å². The molecule has 0 amide bonds. The van der Waals surface area contributed by atoms with Gasteiger partial charge in [0.05, 0.1) is 13.6 Å². The second kappa shape index (κ2) is 10.1. The first-order valence-corrected chi connectivity index (χ1v) is 19.2. The van der Waals surface area contributed by atoms with Gasteiger partial charge in [-0.05, 0) is 53.9 Å². The van der Waals surface area contributed by atoms with Gasteiger partial charge in [-0.3, -0.25) is 0 Å².